The molecule has 0 spiro atoms. The zero-order valence-corrected chi connectivity index (χ0v) is 23.6. The van der Waals surface area contributed by atoms with E-state index in [-0.39, 0.29) is 5.78 Å². The fraction of sp³-hybridized carbons (Fsp3) is 0.963. The Balaban J connectivity index is 3.10. The second-order valence-electron chi connectivity index (χ2n) is 8.28. The molecule has 0 aromatic heterocycles. The molecule has 37 heavy (non-hydrogen) atoms. The van der Waals surface area contributed by atoms with E-state index in [4.69, 9.17) is 42.6 Å². The Morgan fingerprint density at radius 1 is 0.405 bits per heavy atom. The molecule has 0 heterocycles. The van der Waals surface area contributed by atoms with Crippen LogP contribution in [-0.4, -0.2) is 125 Å². The normalized spacial score (nSPS) is 11.4. The Labute approximate surface area is 224 Å². The number of ether oxygens (including phenoxy) is 9. The molecule has 0 aliphatic carbocycles. The molecule has 0 saturated carbocycles. The summed E-state index contributed by atoms with van der Waals surface area (Å²) in [7, 11) is 1.65. The minimum atomic E-state index is 0.263. The molecule has 10 heteroatoms. The molecule has 0 atom stereocenters. The van der Waals surface area contributed by atoms with Crippen molar-refractivity contribution >= 4 is 5.78 Å². The Morgan fingerprint density at radius 2 is 0.784 bits per heavy atom. The van der Waals surface area contributed by atoms with E-state index in [1.165, 1.54) is 0 Å². The highest BCUT2D eigenvalue weighted by Crippen LogP contribution is 2.02. The molecule has 0 fully saturated rings. The van der Waals surface area contributed by atoms with Crippen molar-refractivity contribution in [2.75, 3.05) is 119 Å². The summed E-state index contributed by atoms with van der Waals surface area (Å²) in [5.41, 5.74) is 0. The summed E-state index contributed by atoms with van der Waals surface area (Å²) in [6.07, 6.45) is 5.90. The van der Waals surface area contributed by atoms with Gasteiger partial charge >= 0.3 is 0 Å². The highest BCUT2D eigenvalue weighted by molar-refractivity contribution is 5.78. The van der Waals surface area contributed by atoms with Crippen LogP contribution in [0.5, 0.6) is 0 Å². The topological polar surface area (TPSA) is 100 Å². The third-order valence-corrected chi connectivity index (χ3v) is 5.09. The average Bonchev–Trinajstić information content (AvgIpc) is 2.90. The van der Waals surface area contributed by atoms with E-state index in [0.717, 1.165) is 38.7 Å². The maximum Gasteiger partial charge on any atom is 0.135 e. The van der Waals surface area contributed by atoms with Crippen LogP contribution in [0.2, 0.25) is 0 Å². The maximum atomic E-state index is 11.8. The first-order chi connectivity index (χ1) is 18.3. The van der Waals surface area contributed by atoms with Crippen molar-refractivity contribution in [1.29, 1.82) is 0 Å². The van der Waals surface area contributed by atoms with Crippen LogP contribution in [0.25, 0.3) is 0 Å². The Kier molecular flexibility index (Phi) is 32.7. The molecular weight excluding hydrogens is 484 g/mol. The number of unbranched alkanes of at least 4 members (excludes halogenated alkanes) is 3. The quantitative estimate of drug-likeness (QED) is 0.116. The Morgan fingerprint density at radius 3 is 1.24 bits per heavy atom. The number of hydrogen-bond acceptors (Lipinski definition) is 10. The monoisotopic (exact) mass is 538 g/mol. The summed E-state index contributed by atoms with van der Waals surface area (Å²) in [5, 5.41) is 0. The van der Waals surface area contributed by atoms with Crippen LogP contribution >= 0.6 is 0 Å². The Hall–Kier alpha value is -0.690. The number of rotatable bonds is 33. The van der Waals surface area contributed by atoms with E-state index in [1.807, 2.05) is 6.92 Å². The Bertz CT molecular complexity index is 439. The van der Waals surface area contributed by atoms with Crippen LogP contribution in [-0.2, 0) is 47.4 Å². The van der Waals surface area contributed by atoms with Crippen molar-refractivity contribution < 1.29 is 47.4 Å². The molecule has 10 nitrogen and oxygen atoms in total. The van der Waals surface area contributed by atoms with Gasteiger partial charge in [-0.1, -0.05) is 0 Å². The fourth-order valence-corrected chi connectivity index (χ4v) is 3.01. The van der Waals surface area contributed by atoms with Crippen molar-refractivity contribution in [3.8, 4) is 0 Å². The lowest BCUT2D eigenvalue weighted by Gasteiger charge is -2.08. The van der Waals surface area contributed by atoms with Gasteiger partial charge in [0.05, 0.1) is 85.9 Å². The largest absolute Gasteiger partial charge is 0.382 e. The van der Waals surface area contributed by atoms with Gasteiger partial charge < -0.3 is 42.6 Å². The molecule has 0 unspecified atom stereocenters. The zero-order chi connectivity index (χ0) is 26.9. The van der Waals surface area contributed by atoms with Crippen molar-refractivity contribution in [2.45, 2.75) is 51.9 Å². The first-order valence-corrected chi connectivity index (χ1v) is 13.9. The standard InChI is InChI=1S/C27H54O10/c1-3-30-17-18-34-21-22-36-25-26-37-24-23-35-20-19-33-12-7-4-6-11-31-14-10-27(28)9-5-8-13-32-16-15-29-2/h3-26H2,1-2H3. The van der Waals surface area contributed by atoms with Crippen LogP contribution < -0.4 is 0 Å². The molecule has 0 aliphatic rings. The molecule has 0 bridgehead atoms. The summed E-state index contributed by atoms with van der Waals surface area (Å²) >= 11 is 0. The van der Waals surface area contributed by atoms with Crippen LogP contribution in [0, 0.1) is 0 Å². The maximum absolute atomic E-state index is 11.8. The van der Waals surface area contributed by atoms with Crippen LogP contribution in [0.3, 0.4) is 0 Å². The highest BCUT2D eigenvalue weighted by Gasteiger charge is 2.02. The zero-order valence-electron chi connectivity index (χ0n) is 23.6. The van der Waals surface area contributed by atoms with Gasteiger partial charge in [0, 0.05) is 46.4 Å². The molecule has 0 amide bonds. The van der Waals surface area contributed by atoms with Gasteiger partial charge in [0.15, 0.2) is 0 Å². The number of carbonyl (C=O) groups is 1. The predicted molar refractivity (Wildman–Crippen MR) is 141 cm³/mol. The van der Waals surface area contributed by atoms with Crippen molar-refractivity contribution in [2.24, 2.45) is 0 Å². The number of carbonyl (C=O) groups excluding carboxylic acids is 1. The molecule has 0 aromatic rings. The molecule has 0 saturated heterocycles. The molecule has 0 aromatic carbocycles. The lowest BCUT2D eigenvalue weighted by atomic mass is 10.1. The number of Topliss-reactive ketones (excluding diaryl/α,β-unsaturated/α-hetero) is 1. The van der Waals surface area contributed by atoms with Crippen LogP contribution in [0.4, 0.5) is 0 Å². The van der Waals surface area contributed by atoms with Crippen molar-refractivity contribution in [3.63, 3.8) is 0 Å². The first-order valence-electron chi connectivity index (χ1n) is 13.9. The molecule has 0 N–H and O–H groups in total. The van der Waals surface area contributed by atoms with Crippen molar-refractivity contribution in [1.82, 2.24) is 0 Å². The van der Waals surface area contributed by atoms with Crippen LogP contribution in [0.15, 0.2) is 0 Å². The molecule has 0 aliphatic heterocycles. The summed E-state index contributed by atoms with van der Waals surface area (Å²) in [5.74, 6) is 0.263. The predicted octanol–water partition coefficient (Wildman–Crippen LogP) is 3.09. The molecule has 0 radical (unpaired) electrons. The third kappa shape index (κ3) is 33.3. The van der Waals surface area contributed by atoms with Crippen LogP contribution in [0.1, 0.15) is 51.9 Å². The molecule has 222 valence electrons. The van der Waals surface area contributed by atoms with Gasteiger partial charge in [-0.25, -0.2) is 0 Å². The SMILES string of the molecule is CCOCCOCCOCCOCCOCCOCCCCCOCCC(=O)CCCCOCCOC. The van der Waals surface area contributed by atoms with E-state index < -0.39 is 0 Å². The number of methoxy groups -OCH3 is 1. The lowest BCUT2D eigenvalue weighted by Crippen LogP contribution is -2.14. The summed E-state index contributed by atoms with van der Waals surface area (Å²) < 4.78 is 48.3. The average molecular weight is 539 g/mol. The van der Waals surface area contributed by atoms with Gasteiger partial charge in [0.25, 0.3) is 0 Å². The third-order valence-electron chi connectivity index (χ3n) is 5.09. The minimum absolute atomic E-state index is 0.263. The second-order valence-corrected chi connectivity index (χ2v) is 8.28. The van der Waals surface area contributed by atoms with E-state index in [1.54, 1.807) is 7.11 Å². The highest BCUT2D eigenvalue weighted by atomic mass is 16.6. The molecule has 0 rings (SSSR count). The van der Waals surface area contributed by atoms with E-state index >= 15 is 0 Å². The first kappa shape index (κ1) is 36.3. The van der Waals surface area contributed by atoms with Crippen molar-refractivity contribution in [3.05, 3.63) is 0 Å². The van der Waals surface area contributed by atoms with Gasteiger partial charge in [-0.05, 0) is 39.0 Å². The number of ketones is 1. The van der Waals surface area contributed by atoms with E-state index in [9.17, 15) is 4.79 Å². The fourth-order valence-electron chi connectivity index (χ4n) is 3.01. The smallest absolute Gasteiger partial charge is 0.135 e. The summed E-state index contributed by atoms with van der Waals surface area (Å²) in [6.45, 7) is 12.2. The number of hydrogen-bond donors (Lipinski definition) is 0. The van der Waals surface area contributed by atoms with E-state index in [0.29, 0.717) is 119 Å². The van der Waals surface area contributed by atoms with E-state index in [2.05, 4.69) is 0 Å². The molecular formula is C27H54O10. The lowest BCUT2D eigenvalue weighted by molar-refractivity contribution is -0.120. The van der Waals surface area contributed by atoms with Gasteiger partial charge in [-0.15, -0.1) is 0 Å². The minimum Gasteiger partial charge on any atom is -0.382 e. The van der Waals surface area contributed by atoms with Gasteiger partial charge in [-0.3, -0.25) is 4.79 Å². The second kappa shape index (κ2) is 33.3. The van der Waals surface area contributed by atoms with Gasteiger partial charge in [0.2, 0.25) is 0 Å². The van der Waals surface area contributed by atoms with Gasteiger partial charge in [0.1, 0.15) is 5.78 Å². The summed E-state index contributed by atoms with van der Waals surface area (Å²) in [6, 6.07) is 0. The summed E-state index contributed by atoms with van der Waals surface area (Å²) in [4.78, 5) is 11.8. The van der Waals surface area contributed by atoms with Gasteiger partial charge in [-0.2, -0.15) is 0 Å².